The van der Waals surface area contributed by atoms with E-state index in [0.29, 0.717) is 19.4 Å². The number of aliphatic hydroxyl groups excluding tert-OH is 1. The highest BCUT2D eigenvalue weighted by atomic mass is 16.5. The number of nitrogens with one attached hydrogen (secondary N) is 1. The largest absolute Gasteiger partial charge is 0.479 e. The average molecular weight is 274 g/mol. The molecular formula is C11H18N2O6. The van der Waals surface area contributed by atoms with Crippen molar-refractivity contribution < 1.29 is 29.3 Å². The van der Waals surface area contributed by atoms with Crippen molar-refractivity contribution in [3.05, 3.63) is 0 Å². The molecule has 0 aromatic rings. The van der Waals surface area contributed by atoms with Gasteiger partial charge in [-0.3, -0.25) is 4.79 Å². The molecule has 1 aliphatic rings. The molecule has 0 spiro atoms. The molecule has 1 unspecified atom stereocenters. The van der Waals surface area contributed by atoms with Crippen LogP contribution in [-0.2, 0) is 14.3 Å². The third-order valence-electron chi connectivity index (χ3n) is 2.97. The first-order valence-corrected chi connectivity index (χ1v) is 5.97. The van der Waals surface area contributed by atoms with Crippen LogP contribution in [0.15, 0.2) is 0 Å². The predicted octanol–water partition coefficient (Wildman–Crippen LogP) is -0.973. The van der Waals surface area contributed by atoms with Gasteiger partial charge in [-0.1, -0.05) is 0 Å². The van der Waals surface area contributed by atoms with Gasteiger partial charge in [-0.2, -0.15) is 0 Å². The Morgan fingerprint density at radius 1 is 1.47 bits per heavy atom. The zero-order valence-corrected chi connectivity index (χ0v) is 10.7. The van der Waals surface area contributed by atoms with E-state index in [2.05, 4.69) is 10.1 Å². The Balaban J connectivity index is 2.44. The average Bonchev–Trinajstić information content (AvgIpc) is 2.43. The summed E-state index contributed by atoms with van der Waals surface area (Å²) in [5.41, 5.74) is 0. The first-order chi connectivity index (χ1) is 8.95. The lowest BCUT2D eigenvalue weighted by Crippen LogP contribution is -2.49. The number of carboxylic acid groups (broad SMARTS) is 1. The molecule has 108 valence electrons. The molecule has 8 nitrogen and oxygen atoms in total. The highest BCUT2D eigenvalue weighted by Gasteiger charge is 2.29. The number of piperidine rings is 1. The van der Waals surface area contributed by atoms with Gasteiger partial charge in [0.2, 0.25) is 0 Å². The quantitative estimate of drug-likeness (QED) is 0.568. The van der Waals surface area contributed by atoms with Crippen LogP contribution in [0, 0.1) is 5.92 Å². The van der Waals surface area contributed by atoms with E-state index in [9.17, 15) is 14.4 Å². The second-order valence-electron chi connectivity index (χ2n) is 4.35. The molecule has 2 amide bonds. The summed E-state index contributed by atoms with van der Waals surface area (Å²) in [6.45, 7) is 0.359. The number of carbonyl (C=O) groups excluding carboxylic acids is 2. The van der Waals surface area contributed by atoms with E-state index >= 15 is 0 Å². The second-order valence-corrected chi connectivity index (χ2v) is 4.35. The number of esters is 1. The molecule has 3 N–H and O–H groups in total. The van der Waals surface area contributed by atoms with Gasteiger partial charge in [0.05, 0.1) is 19.6 Å². The molecule has 1 heterocycles. The second kappa shape index (κ2) is 6.93. The number of hydrogen-bond acceptors (Lipinski definition) is 5. The topological polar surface area (TPSA) is 116 Å². The van der Waals surface area contributed by atoms with Crippen LogP contribution in [0.5, 0.6) is 0 Å². The third-order valence-corrected chi connectivity index (χ3v) is 2.97. The van der Waals surface area contributed by atoms with E-state index in [0.717, 1.165) is 0 Å². The van der Waals surface area contributed by atoms with Crippen molar-refractivity contribution in [3.8, 4) is 0 Å². The van der Waals surface area contributed by atoms with Crippen molar-refractivity contribution in [1.29, 1.82) is 0 Å². The summed E-state index contributed by atoms with van der Waals surface area (Å²) in [5, 5.41) is 19.8. The van der Waals surface area contributed by atoms with E-state index in [-0.39, 0.29) is 25.0 Å². The van der Waals surface area contributed by atoms with Gasteiger partial charge in [0, 0.05) is 13.1 Å². The molecule has 1 rings (SSSR count). The van der Waals surface area contributed by atoms with Crippen LogP contribution in [-0.4, -0.2) is 65.9 Å². The number of methoxy groups -OCH3 is 1. The molecule has 0 bridgehead atoms. The van der Waals surface area contributed by atoms with Crippen LogP contribution < -0.4 is 5.32 Å². The Morgan fingerprint density at radius 3 is 2.74 bits per heavy atom. The normalized spacial score (nSPS) is 20.5. The van der Waals surface area contributed by atoms with Crippen molar-refractivity contribution in [1.82, 2.24) is 10.2 Å². The Hall–Kier alpha value is -1.83. The molecular weight excluding hydrogens is 256 g/mol. The van der Waals surface area contributed by atoms with E-state index in [4.69, 9.17) is 10.2 Å². The van der Waals surface area contributed by atoms with Crippen molar-refractivity contribution in [2.45, 2.75) is 18.9 Å². The van der Waals surface area contributed by atoms with Gasteiger partial charge in [-0.15, -0.1) is 0 Å². The van der Waals surface area contributed by atoms with Crippen LogP contribution in [0.3, 0.4) is 0 Å². The summed E-state index contributed by atoms with van der Waals surface area (Å²) in [5.74, 6) is -2.11. The molecule has 0 aromatic heterocycles. The predicted molar refractivity (Wildman–Crippen MR) is 63.4 cm³/mol. The van der Waals surface area contributed by atoms with Crippen molar-refractivity contribution in [3.63, 3.8) is 0 Å². The fraction of sp³-hybridized carbons (Fsp3) is 0.727. The zero-order chi connectivity index (χ0) is 14.4. The SMILES string of the molecule is COC(=O)C1CCCN(C(=O)NC[C@H](O)C(=O)O)C1. The Morgan fingerprint density at radius 2 is 2.16 bits per heavy atom. The zero-order valence-electron chi connectivity index (χ0n) is 10.7. The number of carbonyl (C=O) groups is 3. The standard InChI is InChI=1S/C11H18N2O6/c1-19-10(17)7-3-2-4-13(6-7)11(18)12-5-8(14)9(15)16/h7-8,14H,2-6H2,1H3,(H,12,18)(H,15,16)/t7?,8-/m0/s1. The number of nitrogens with zero attached hydrogens (tertiary/aromatic N) is 1. The van der Waals surface area contributed by atoms with Crippen LogP contribution in [0.25, 0.3) is 0 Å². The third kappa shape index (κ3) is 4.40. The highest BCUT2D eigenvalue weighted by molar-refractivity contribution is 5.78. The summed E-state index contributed by atoms with van der Waals surface area (Å²) >= 11 is 0. The van der Waals surface area contributed by atoms with Gasteiger partial charge in [0.25, 0.3) is 0 Å². The van der Waals surface area contributed by atoms with E-state index in [1.807, 2.05) is 0 Å². The molecule has 19 heavy (non-hydrogen) atoms. The Labute approximate surface area is 110 Å². The fourth-order valence-corrected chi connectivity index (χ4v) is 1.90. The van der Waals surface area contributed by atoms with E-state index in [1.165, 1.54) is 12.0 Å². The number of urea groups is 1. The van der Waals surface area contributed by atoms with E-state index < -0.39 is 18.1 Å². The fourth-order valence-electron chi connectivity index (χ4n) is 1.90. The van der Waals surface area contributed by atoms with Crippen molar-refractivity contribution in [2.24, 2.45) is 5.92 Å². The van der Waals surface area contributed by atoms with Gasteiger partial charge < -0.3 is 25.2 Å². The summed E-state index contributed by atoms with van der Waals surface area (Å²) in [4.78, 5) is 34.9. The lowest BCUT2D eigenvalue weighted by atomic mass is 9.98. The number of aliphatic hydroxyl groups is 1. The first-order valence-electron chi connectivity index (χ1n) is 5.97. The maximum Gasteiger partial charge on any atom is 0.334 e. The first kappa shape index (κ1) is 15.2. The van der Waals surface area contributed by atoms with Crippen molar-refractivity contribution in [2.75, 3.05) is 26.7 Å². The molecule has 2 atom stereocenters. The Kier molecular flexibility index (Phi) is 5.56. The lowest BCUT2D eigenvalue weighted by Gasteiger charge is -2.31. The minimum atomic E-state index is -1.63. The molecule has 1 saturated heterocycles. The van der Waals surface area contributed by atoms with Crippen molar-refractivity contribution >= 4 is 18.0 Å². The highest BCUT2D eigenvalue weighted by Crippen LogP contribution is 2.17. The number of rotatable bonds is 4. The molecule has 8 heteroatoms. The smallest absolute Gasteiger partial charge is 0.334 e. The number of amides is 2. The molecule has 0 saturated carbocycles. The molecule has 0 aliphatic carbocycles. The van der Waals surface area contributed by atoms with E-state index in [1.54, 1.807) is 0 Å². The molecule has 0 aromatic carbocycles. The van der Waals surface area contributed by atoms with Crippen LogP contribution >= 0.6 is 0 Å². The summed E-state index contributed by atoms with van der Waals surface area (Å²) < 4.78 is 4.63. The van der Waals surface area contributed by atoms with Gasteiger partial charge in [-0.05, 0) is 12.8 Å². The van der Waals surface area contributed by atoms with Gasteiger partial charge >= 0.3 is 18.0 Å². The number of aliphatic carboxylic acids is 1. The van der Waals surface area contributed by atoms with Gasteiger partial charge in [-0.25, -0.2) is 9.59 Å². The molecule has 1 aliphatic heterocycles. The van der Waals surface area contributed by atoms with Crippen LogP contribution in [0.1, 0.15) is 12.8 Å². The minimum Gasteiger partial charge on any atom is -0.479 e. The summed E-state index contributed by atoms with van der Waals surface area (Å²) in [6.07, 6.45) is -0.298. The Bertz CT molecular complexity index is 359. The number of likely N-dealkylation sites (tertiary alicyclic amines) is 1. The summed E-state index contributed by atoms with van der Waals surface area (Å²) in [7, 11) is 1.30. The van der Waals surface area contributed by atoms with Gasteiger partial charge in [0.1, 0.15) is 0 Å². The lowest BCUT2D eigenvalue weighted by molar-refractivity contribution is -0.147. The minimum absolute atomic E-state index is 0.238. The van der Waals surface area contributed by atoms with Gasteiger partial charge in [0.15, 0.2) is 6.10 Å². The molecule has 1 fully saturated rings. The monoisotopic (exact) mass is 274 g/mol. The molecule has 0 radical (unpaired) electrons. The summed E-state index contributed by atoms with van der Waals surface area (Å²) in [6, 6.07) is -0.492. The maximum absolute atomic E-state index is 11.7. The number of hydrogen-bond donors (Lipinski definition) is 3. The maximum atomic E-state index is 11.7. The number of carboxylic acids is 1. The van der Waals surface area contributed by atoms with Crippen LogP contribution in [0.2, 0.25) is 0 Å². The number of ether oxygens (including phenoxy) is 1. The van der Waals surface area contributed by atoms with Crippen LogP contribution in [0.4, 0.5) is 4.79 Å².